The lowest BCUT2D eigenvalue weighted by atomic mass is 10.0. The summed E-state index contributed by atoms with van der Waals surface area (Å²) in [7, 11) is 0. The van der Waals surface area contributed by atoms with Crippen LogP contribution in [0.2, 0.25) is 0 Å². The Morgan fingerprint density at radius 2 is 1.85 bits per heavy atom. The Morgan fingerprint density at radius 3 is 2.38 bits per heavy atom. The molecule has 4 N–H and O–H groups in total. The number of nitrogen functional groups attached to an aromatic ring is 1. The maximum atomic E-state index is 6.05. The predicted molar refractivity (Wildman–Crippen MR) is 55.1 cm³/mol. The molecule has 0 aliphatic heterocycles. The van der Waals surface area contributed by atoms with Crippen molar-refractivity contribution in [3.05, 3.63) is 29.8 Å². The Balaban J connectivity index is 2.01. The van der Waals surface area contributed by atoms with Gasteiger partial charge in [-0.3, -0.25) is 0 Å². The fourth-order valence-corrected chi connectivity index (χ4v) is 1.59. The standard InChI is InChI=1S/C11H16N2/c12-10-5-3-9(4-6-10)11(13)7-8-1-2-8/h3-6,8,11H,1-2,7,12-13H2/t11-/m1/s1. The van der Waals surface area contributed by atoms with Gasteiger partial charge in [0, 0.05) is 11.7 Å². The van der Waals surface area contributed by atoms with Crippen LogP contribution < -0.4 is 11.5 Å². The molecule has 70 valence electrons. The number of anilines is 1. The summed E-state index contributed by atoms with van der Waals surface area (Å²) in [5.74, 6) is 0.882. The summed E-state index contributed by atoms with van der Waals surface area (Å²) in [6, 6.07) is 8.10. The summed E-state index contributed by atoms with van der Waals surface area (Å²) >= 11 is 0. The average molecular weight is 176 g/mol. The van der Waals surface area contributed by atoms with E-state index in [9.17, 15) is 0 Å². The van der Waals surface area contributed by atoms with Crippen molar-refractivity contribution in [2.75, 3.05) is 5.73 Å². The third-order valence-electron chi connectivity index (χ3n) is 2.65. The van der Waals surface area contributed by atoms with Gasteiger partial charge in [0.25, 0.3) is 0 Å². The topological polar surface area (TPSA) is 52.0 Å². The van der Waals surface area contributed by atoms with Crippen molar-refractivity contribution in [3.8, 4) is 0 Å². The Morgan fingerprint density at radius 1 is 1.23 bits per heavy atom. The molecule has 0 amide bonds. The molecule has 0 radical (unpaired) electrons. The van der Waals surface area contributed by atoms with Gasteiger partial charge >= 0.3 is 0 Å². The zero-order valence-electron chi connectivity index (χ0n) is 7.74. The van der Waals surface area contributed by atoms with Crippen LogP contribution in [-0.4, -0.2) is 0 Å². The zero-order chi connectivity index (χ0) is 9.26. The first-order chi connectivity index (χ1) is 6.25. The van der Waals surface area contributed by atoms with Gasteiger partial charge in [-0.2, -0.15) is 0 Å². The number of hydrogen-bond donors (Lipinski definition) is 2. The Labute approximate surface area is 78.9 Å². The van der Waals surface area contributed by atoms with Crippen LogP contribution in [0.5, 0.6) is 0 Å². The fourth-order valence-electron chi connectivity index (χ4n) is 1.59. The Kier molecular flexibility index (Phi) is 2.23. The van der Waals surface area contributed by atoms with Crippen LogP contribution >= 0.6 is 0 Å². The average Bonchev–Trinajstić information content (AvgIpc) is 2.89. The molecular weight excluding hydrogens is 160 g/mol. The Hall–Kier alpha value is -1.02. The van der Waals surface area contributed by atoms with Gasteiger partial charge in [0.15, 0.2) is 0 Å². The summed E-state index contributed by atoms with van der Waals surface area (Å²) in [5.41, 5.74) is 13.7. The second kappa shape index (κ2) is 3.38. The minimum Gasteiger partial charge on any atom is -0.399 e. The monoisotopic (exact) mass is 176 g/mol. The highest BCUT2D eigenvalue weighted by Crippen LogP contribution is 2.36. The number of benzene rings is 1. The van der Waals surface area contributed by atoms with Gasteiger partial charge in [0.2, 0.25) is 0 Å². The highest BCUT2D eigenvalue weighted by molar-refractivity contribution is 5.40. The largest absolute Gasteiger partial charge is 0.399 e. The molecule has 1 atom stereocenters. The molecule has 1 aromatic rings. The molecule has 0 unspecified atom stereocenters. The van der Waals surface area contributed by atoms with Crippen molar-refractivity contribution in [3.63, 3.8) is 0 Å². The highest BCUT2D eigenvalue weighted by Gasteiger charge is 2.24. The summed E-state index contributed by atoms with van der Waals surface area (Å²) in [4.78, 5) is 0. The van der Waals surface area contributed by atoms with Gasteiger partial charge in [-0.05, 0) is 30.0 Å². The first-order valence-electron chi connectivity index (χ1n) is 4.87. The van der Waals surface area contributed by atoms with Crippen LogP contribution in [0.1, 0.15) is 30.9 Å². The normalized spacial score (nSPS) is 18.5. The molecule has 2 nitrogen and oxygen atoms in total. The SMILES string of the molecule is Nc1ccc([C@H](N)CC2CC2)cc1. The van der Waals surface area contributed by atoms with Gasteiger partial charge in [0.1, 0.15) is 0 Å². The van der Waals surface area contributed by atoms with Gasteiger partial charge in [-0.1, -0.05) is 25.0 Å². The molecule has 1 aromatic carbocycles. The summed E-state index contributed by atoms with van der Waals surface area (Å²) in [6.45, 7) is 0. The van der Waals surface area contributed by atoms with Gasteiger partial charge in [-0.15, -0.1) is 0 Å². The third kappa shape index (κ3) is 2.22. The van der Waals surface area contributed by atoms with Crippen molar-refractivity contribution >= 4 is 5.69 Å². The number of nitrogens with two attached hydrogens (primary N) is 2. The molecule has 2 rings (SSSR count). The summed E-state index contributed by atoms with van der Waals surface area (Å²) in [5, 5.41) is 0. The van der Waals surface area contributed by atoms with Crippen molar-refractivity contribution in [2.45, 2.75) is 25.3 Å². The van der Waals surface area contributed by atoms with E-state index in [2.05, 4.69) is 0 Å². The minimum absolute atomic E-state index is 0.202. The first kappa shape index (κ1) is 8.57. The summed E-state index contributed by atoms with van der Waals surface area (Å²) in [6.07, 6.45) is 3.86. The van der Waals surface area contributed by atoms with Crippen molar-refractivity contribution in [2.24, 2.45) is 11.7 Å². The van der Waals surface area contributed by atoms with Crippen LogP contribution in [-0.2, 0) is 0 Å². The van der Waals surface area contributed by atoms with Crippen molar-refractivity contribution in [1.29, 1.82) is 0 Å². The van der Waals surface area contributed by atoms with E-state index in [-0.39, 0.29) is 6.04 Å². The van der Waals surface area contributed by atoms with E-state index in [1.54, 1.807) is 0 Å². The lowest BCUT2D eigenvalue weighted by molar-refractivity contribution is 0.597. The van der Waals surface area contributed by atoms with E-state index in [1.807, 2.05) is 24.3 Å². The predicted octanol–water partition coefficient (Wildman–Crippen LogP) is 2.07. The lowest BCUT2D eigenvalue weighted by Crippen LogP contribution is -2.10. The Bertz CT molecular complexity index is 275. The van der Waals surface area contributed by atoms with Gasteiger partial charge in [-0.25, -0.2) is 0 Å². The minimum atomic E-state index is 0.202. The quantitative estimate of drug-likeness (QED) is 0.693. The molecule has 1 saturated carbocycles. The van der Waals surface area contributed by atoms with Crippen LogP contribution in [0.25, 0.3) is 0 Å². The van der Waals surface area contributed by atoms with Gasteiger partial charge < -0.3 is 11.5 Å². The maximum Gasteiger partial charge on any atom is 0.0314 e. The molecule has 0 saturated heterocycles. The van der Waals surface area contributed by atoms with Crippen LogP contribution in [0.3, 0.4) is 0 Å². The smallest absolute Gasteiger partial charge is 0.0314 e. The van der Waals surface area contributed by atoms with E-state index in [0.29, 0.717) is 0 Å². The number of rotatable bonds is 3. The molecule has 1 fully saturated rings. The van der Waals surface area contributed by atoms with Crippen molar-refractivity contribution in [1.82, 2.24) is 0 Å². The van der Waals surface area contributed by atoms with Crippen molar-refractivity contribution < 1.29 is 0 Å². The van der Waals surface area contributed by atoms with E-state index in [0.717, 1.165) is 18.0 Å². The van der Waals surface area contributed by atoms with Crippen LogP contribution in [0, 0.1) is 5.92 Å². The molecule has 13 heavy (non-hydrogen) atoms. The molecule has 0 aromatic heterocycles. The molecule has 2 heteroatoms. The van der Waals surface area contributed by atoms with E-state index >= 15 is 0 Å². The molecule has 0 bridgehead atoms. The molecule has 0 spiro atoms. The fraction of sp³-hybridized carbons (Fsp3) is 0.455. The summed E-state index contributed by atoms with van der Waals surface area (Å²) < 4.78 is 0. The van der Waals surface area contributed by atoms with Gasteiger partial charge in [0.05, 0.1) is 0 Å². The first-order valence-corrected chi connectivity index (χ1v) is 4.87. The third-order valence-corrected chi connectivity index (χ3v) is 2.65. The van der Waals surface area contributed by atoms with E-state index < -0.39 is 0 Å². The second-order valence-corrected chi connectivity index (χ2v) is 3.95. The van der Waals surface area contributed by atoms with Crippen LogP contribution in [0.15, 0.2) is 24.3 Å². The van der Waals surface area contributed by atoms with E-state index in [4.69, 9.17) is 11.5 Å². The van der Waals surface area contributed by atoms with E-state index in [1.165, 1.54) is 18.4 Å². The maximum absolute atomic E-state index is 6.05. The number of hydrogen-bond acceptors (Lipinski definition) is 2. The highest BCUT2D eigenvalue weighted by atomic mass is 14.6. The zero-order valence-corrected chi connectivity index (χ0v) is 7.74. The molecular formula is C11H16N2. The lowest BCUT2D eigenvalue weighted by Gasteiger charge is -2.10. The van der Waals surface area contributed by atoms with Crippen LogP contribution in [0.4, 0.5) is 5.69 Å². The molecule has 0 heterocycles. The second-order valence-electron chi connectivity index (χ2n) is 3.95. The molecule has 1 aliphatic carbocycles. The molecule has 1 aliphatic rings.